The van der Waals surface area contributed by atoms with E-state index in [9.17, 15) is 19.8 Å². The second kappa shape index (κ2) is 7.61. The van der Waals surface area contributed by atoms with Gasteiger partial charge in [0.25, 0.3) is 5.91 Å². The molecule has 1 aliphatic heterocycles. The third-order valence-corrected chi connectivity index (χ3v) is 5.11. The predicted octanol–water partition coefficient (Wildman–Crippen LogP) is 4.43. The van der Waals surface area contributed by atoms with Gasteiger partial charge in [-0.05, 0) is 42.0 Å². The first-order valence-corrected chi connectivity index (χ1v) is 9.28. The molecule has 1 amide bonds. The Labute approximate surface area is 176 Å². The molecule has 2 N–H and O–H groups in total. The van der Waals surface area contributed by atoms with Crippen LogP contribution in [-0.2, 0) is 4.79 Å². The van der Waals surface area contributed by atoms with E-state index in [0.717, 1.165) is 0 Å². The lowest BCUT2D eigenvalue weighted by atomic mass is 9.94. The van der Waals surface area contributed by atoms with E-state index in [-0.39, 0.29) is 27.9 Å². The lowest BCUT2D eigenvalue weighted by Gasteiger charge is -2.27. The molecule has 0 fully saturated rings. The fraction of sp³-hybridized carbons (Fsp3) is 0.0909. The maximum atomic E-state index is 13.1. The Morgan fingerprint density at radius 1 is 1.13 bits per heavy atom. The van der Waals surface area contributed by atoms with E-state index in [1.807, 2.05) is 0 Å². The summed E-state index contributed by atoms with van der Waals surface area (Å²) in [6, 6.07) is 13.4. The number of aliphatic hydroxyl groups excluding tert-OH is 1. The van der Waals surface area contributed by atoms with E-state index >= 15 is 0 Å². The third-order valence-electron chi connectivity index (χ3n) is 4.82. The molecule has 2 aromatic carbocycles. The first-order chi connectivity index (χ1) is 14.4. The van der Waals surface area contributed by atoms with Gasteiger partial charge in [-0.15, -0.1) is 0 Å². The van der Waals surface area contributed by atoms with Crippen molar-refractivity contribution in [3.05, 3.63) is 88.5 Å². The molecule has 0 bridgehead atoms. The average Bonchev–Trinajstić information content (AvgIpc) is 3.38. The molecule has 152 valence electrons. The number of phenolic OH excluding ortho intramolecular Hbond substituents is 1. The molecule has 8 heteroatoms. The summed E-state index contributed by atoms with van der Waals surface area (Å²) in [4.78, 5) is 27.4. The highest BCUT2D eigenvalue weighted by molar-refractivity contribution is 6.32. The van der Waals surface area contributed by atoms with E-state index in [2.05, 4.69) is 0 Å². The number of hydrogen-bond acceptors (Lipinski definition) is 6. The molecule has 7 nitrogen and oxygen atoms in total. The number of carbonyl (C=O) groups excluding carboxylic acids is 2. The number of benzene rings is 2. The van der Waals surface area contributed by atoms with Gasteiger partial charge >= 0.3 is 0 Å². The number of methoxy groups -OCH3 is 1. The molecule has 0 aliphatic carbocycles. The van der Waals surface area contributed by atoms with Crippen LogP contribution in [0.15, 0.2) is 76.6 Å². The number of aromatic hydroxyl groups is 1. The monoisotopic (exact) mass is 425 g/mol. The minimum absolute atomic E-state index is 0.0268. The Balaban J connectivity index is 1.94. The maximum Gasteiger partial charge on any atom is 0.294 e. The zero-order valence-corrected chi connectivity index (χ0v) is 16.5. The number of carbonyl (C=O) groups is 2. The van der Waals surface area contributed by atoms with Crippen LogP contribution in [-0.4, -0.2) is 29.0 Å². The van der Waals surface area contributed by atoms with Gasteiger partial charge in [0, 0.05) is 5.69 Å². The molecule has 0 saturated carbocycles. The highest BCUT2D eigenvalue weighted by Gasteiger charge is 2.45. The van der Waals surface area contributed by atoms with Crippen LogP contribution in [0.3, 0.4) is 0 Å². The molecule has 1 aromatic heterocycles. The van der Waals surface area contributed by atoms with Gasteiger partial charge in [-0.25, -0.2) is 0 Å². The van der Waals surface area contributed by atoms with Crippen molar-refractivity contribution in [3.8, 4) is 11.5 Å². The lowest BCUT2D eigenvalue weighted by Crippen LogP contribution is -2.31. The first-order valence-electron chi connectivity index (χ1n) is 8.90. The van der Waals surface area contributed by atoms with Crippen LogP contribution in [0.5, 0.6) is 11.5 Å². The number of para-hydroxylation sites is 1. The minimum atomic E-state index is -1.02. The second-order valence-electron chi connectivity index (χ2n) is 6.54. The number of halogens is 1. The summed E-state index contributed by atoms with van der Waals surface area (Å²) in [6.45, 7) is 0. The number of rotatable bonds is 5. The molecular formula is C22H16ClNO6. The Bertz CT molecular complexity index is 1150. The number of furan rings is 1. The van der Waals surface area contributed by atoms with Crippen molar-refractivity contribution in [3.63, 3.8) is 0 Å². The fourth-order valence-corrected chi connectivity index (χ4v) is 3.67. The molecule has 2 heterocycles. The minimum Gasteiger partial charge on any atom is -0.503 e. The number of aliphatic hydroxyl groups is 1. The van der Waals surface area contributed by atoms with Crippen LogP contribution in [0.4, 0.5) is 5.69 Å². The van der Waals surface area contributed by atoms with Crippen LogP contribution in [0.1, 0.15) is 22.2 Å². The van der Waals surface area contributed by atoms with Gasteiger partial charge in [-0.3, -0.25) is 14.5 Å². The fourth-order valence-electron chi connectivity index (χ4n) is 3.46. The number of nitrogens with zero attached hydrogens (tertiary/aromatic N) is 1. The summed E-state index contributed by atoms with van der Waals surface area (Å²) < 4.78 is 10.4. The van der Waals surface area contributed by atoms with Crippen LogP contribution in [0.2, 0.25) is 5.02 Å². The maximum absolute atomic E-state index is 13.1. The quantitative estimate of drug-likeness (QED) is 0.586. The highest BCUT2D eigenvalue weighted by atomic mass is 35.5. The smallest absolute Gasteiger partial charge is 0.294 e. The summed E-state index contributed by atoms with van der Waals surface area (Å²) in [6.07, 6.45) is 1.33. The van der Waals surface area contributed by atoms with Gasteiger partial charge in [-0.2, -0.15) is 0 Å². The van der Waals surface area contributed by atoms with Gasteiger partial charge in [0.05, 0.1) is 30.0 Å². The Kier molecular flexibility index (Phi) is 4.97. The molecule has 1 aliphatic rings. The van der Waals surface area contributed by atoms with Gasteiger partial charge in [0.2, 0.25) is 5.78 Å². The Hall–Kier alpha value is -3.71. The number of ketones is 1. The molecule has 0 spiro atoms. The summed E-state index contributed by atoms with van der Waals surface area (Å²) in [7, 11) is 1.35. The van der Waals surface area contributed by atoms with Crippen LogP contribution >= 0.6 is 11.6 Å². The van der Waals surface area contributed by atoms with E-state index in [4.69, 9.17) is 20.8 Å². The van der Waals surface area contributed by atoms with Crippen molar-refractivity contribution in [1.29, 1.82) is 0 Å². The first kappa shape index (κ1) is 19.6. The zero-order valence-electron chi connectivity index (χ0n) is 15.7. The summed E-state index contributed by atoms with van der Waals surface area (Å²) in [5, 5.41) is 20.7. The zero-order chi connectivity index (χ0) is 21.4. The van der Waals surface area contributed by atoms with Gasteiger partial charge in [0.15, 0.2) is 23.0 Å². The third kappa shape index (κ3) is 3.09. The van der Waals surface area contributed by atoms with E-state index in [1.165, 1.54) is 42.5 Å². The van der Waals surface area contributed by atoms with Gasteiger partial charge < -0.3 is 19.4 Å². The van der Waals surface area contributed by atoms with Crippen molar-refractivity contribution in [2.24, 2.45) is 0 Å². The normalized spacial score (nSPS) is 16.3. The van der Waals surface area contributed by atoms with Crippen molar-refractivity contribution >= 4 is 29.0 Å². The molecule has 30 heavy (non-hydrogen) atoms. The number of anilines is 1. The Morgan fingerprint density at radius 2 is 1.87 bits per heavy atom. The standard InChI is InChI=1S/C22H16ClNO6/c1-29-16-11-12(10-14(23)19(16)25)18-17(20(26)15-8-5-9-30-15)21(27)22(28)24(18)13-6-3-2-4-7-13/h2-11,18,25,27H,1H3. The topological polar surface area (TPSA) is 100 Å². The van der Waals surface area contributed by atoms with Crippen molar-refractivity contribution in [1.82, 2.24) is 0 Å². The Morgan fingerprint density at radius 3 is 2.50 bits per heavy atom. The number of phenols is 1. The van der Waals surface area contributed by atoms with E-state index in [1.54, 1.807) is 30.3 Å². The van der Waals surface area contributed by atoms with Gasteiger partial charge in [0.1, 0.15) is 0 Å². The van der Waals surface area contributed by atoms with Crippen LogP contribution in [0, 0.1) is 0 Å². The second-order valence-corrected chi connectivity index (χ2v) is 6.94. The highest BCUT2D eigenvalue weighted by Crippen LogP contribution is 2.45. The summed E-state index contributed by atoms with van der Waals surface area (Å²) in [5.41, 5.74) is 0.665. The molecule has 1 atom stereocenters. The molecule has 3 aromatic rings. The number of amides is 1. The largest absolute Gasteiger partial charge is 0.503 e. The van der Waals surface area contributed by atoms with E-state index < -0.39 is 23.5 Å². The lowest BCUT2D eigenvalue weighted by molar-refractivity contribution is -0.117. The van der Waals surface area contributed by atoms with Crippen molar-refractivity contribution < 1.29 is 29.0 Å². The average molecular weight is 426 g/mol. The van der Waals surface area contributed by atoms with E-state index in [0.29, 0.717) is 11.3 Å². The summed E-state index contributed by atoms with van der Waals surface area (Å²) in [5.74, 6) is -2.31. The molecule has 0 saturated heterocycles. The van der Waals surface area contributed by atoms with Gasteiger partial charge in [-0.1, -0.05) is 29.8 Å². The van der Waals surface area contributed by atoms with Crippen molar-refractivity contribution in [2.75, 3.05) is 12.0 Å². The summed E-state index contributed by atoms with van der Waals surface area (Å²) >= 11 is 6.15. The van der Waals surface area contributed by atoms with Crippen molar-refractivity contribution in [2.45, 2.75) is 6.04 Å². The van der Waals surface area contributed by atoms with Crippen LogP contribution < -0.4 is 9.64 Å². The number of hydrogen-bond donors (Lipinski definition) is 2. The number of Topliss-reactive ketones (excluding diaryl/α,β-unsaturated/α-hetero) is 1. The SMILES string of the molecule is COc1cc(C2C(C(=O)c3ccco3)=C(O)C(=O)N2c2ccccc2)cc(Cl)c1O. The number of ether oxygens (including phenoxy) is 1. The predicted molar refractivity (Wildman–Crippen MR) is 109 cm³/mol. The molecular weight excluding hydrogens is 410 g/mol. The molecule has 1 unspecified atom stereocenters. The molecule has 4 rings (SSSR count). The molecule has 0 radical (unpaired) electrons. The van der Waals surface area contributed by atoms with Crippen LogP contribution in [0.25, 0.3) is 0 Å².